The molecule has 0 aromatic heterocycles. The Labute approximate surface area is 171 Å². The highest BCUT2D eigenvalue weighted by Gasteiger charge is 2.15. The Bertz CT molecular complexity index is 553. The van der Waals surface area contributed by atoms with Gasteiger partial charge in [0.05, 0.1) is 6.61 Å². The minimum Gasteiger partial charge on any atom is -0.464 e. The van der Waals surface area contributed by atoms with Crippen LogP contribution in [0.15, 0.2) is 24.3 Å². The molecule has 0 N–H and O–H groups in total. The summed E-state index contributed by atoms with van der Waals surface area (Å²) in [5.41, 5.74) is 1.85. The SMILES string of the molecule is CCCCCCCCCCOC(=O)CN(C)C(=O)c1ccc(CCCC)cc1. The van der Waals surface area contributed by atoms with Crippen molar-refractivity contribution >= 4 is 11.9 Å². The molecule has 0 saturated heterocycles. The molecule has 0 spiro atoms. The van der Waals surface area contributed by atoms with E-state index in [1.807, 2.05) is 24.3 Å². The van der Waals surface area contributed by atoms with Crippen molar-refractivity contribution in [1.29, 1.82) is 0 Å². The minimum absolute atomic E-state index is 0.00651. The van der Waals surface area contributed by atoms with Crippen LogP contribution >= 0.6 is 0 Å². The number of likely N-dealkylation sites (N-methyl/N-ethyl adjacent to an activating group) is 1. The first-order valence-electron chi connectivity index (χ1n) is 11.1. The molecule has 1 aromatic carbocycles. The zero-order chi connectivity index (χ0) is 20.6. The van der Waals surface area contributed by atoms with Crippen LogP contribution < -0.4 is 0 Å². The van der Waals surface area contributed by atoms with Gasteiger partial charge < -0.3 is 9.64 Å². The van der Waals surface area contributed by atoms with E-state index < -0.39 is 0 Å². The van der Waals surface area contributed by atoms with Gasteiger partial charge >= 0.3 is 5.97 Å². The van der Waals surface area contributed by atoms with Crippen LogP contribution in [0, 0.1) is 0 Å². The largest absolute Gasteiger partial charge is 0.464 e. The van der Waals surface area contributed by atoms with Gasteiger partial charge in [0.25, 0.3) is 5.91 Å². The molecular formula is C24H39NO3. The summed E-state index contributed by atoms with van der Waals surface area (Å²) in [6, 6.07) is 7.68. The average Bonchev–Trinajstić information content (AvgIpc) is 2.70. The van der Waals surface area contributed by atoms with Crippen LogP contribution in [0.3, 0.4) is 0 Å². The Kier molecular flexibility index (Phi) is 13.1. The second-order valence-electron chi connectivity index (χ2n) is 7.66. The van der Waals surface area contributed by atoms with E-state index in [1.54, 1.807) is 7.05 Å². The van der Waals surface area contributed by atoms with Gasteiger partial charge in [-0.05, 0) is 37.0 Å². The van der Waals surface area contributed by atoms with Gasteiger partial charge in [-0.1, -0.05) is 77.3 Å². The van der Waals surface area contributed by atoms with Crippen molar-refractivity contribution in [3.8, 4) is 0 Å². The lowest BCUT2D eigenvalue weighted by atomic mass is 10.1. The number of hydrogen-bond donors (Lipinski definition) is 0. The fourth-order valence-corrected chi connectivity index (χ4v) is 3.15. The molecule has 0 aliphatic carbocycles. The number of amides is 1. The molecule has 1 amide bonds. The number of esters is 1. The summed E-state index contributed by atoms with van der Waals surface area (Å²) in [5.74, 6) is -0.482. The molecule has 0 aliphatic rings. The number of nitrogens with zero attached hydrogens (tertiary/aromatic N) is 1. The topological polar surface area (TPSA) is 46.6 Å². The summed E-state index contributed by atoms with van der Waals surface area (Å²) in [6.45, 7) is 4.83. The molecule has 4 heteroatoms. The molecule has 158 valence electrons. The highest BCUT2D eigenvalue weighted by molar-refractivity contribution is 5.95. The van der Waals surface area contributed by atoms with E-state index in [2.05, 4.69) is 13.8 Å². The minimum atomic E-state index is -0.335. The van der Waals surface area contributed by atoms with Crippen molar-refractivity contribution in [3.63, 3.8) is 0 Å². The summed E-state index contributed by atoms with van der Waals surface area (Å²) >= 11 is 0. The maximum Gasteiger partial charge on any atom is 0.325 e. The van der Waals surface area contributed by atoms with Gasteiger partial charge in [0.15, 0.2) is 0 Å². The van der Waals surface area contributed by atoms with Gasteiger partial charge in [0.2, 0.25) is 0 Å². The number of carbonyl (C=O) groups excluding carboxylic acids is 2. The van der Waals surface area contributed by atoms with E-state index in [9.17, 15) is 9.59 Å². The molecule has 0 atom stereocenters. The lowest BCUT2D eigenvalue weighted by molar-refractivity contribution is -0.144. The standard InChI is InChI=1S/C24H39NO3/c1-4-6-8-9-10-11-12-13-19-28-23(26)20-25(3)24(27)22-17-15-21(16-18-22)14-7-5-2/h15-18H,4-14,19-20H2,1-3H3. The molecule has 0 fully saturated rings. The number of ether oxygens (including phenoxy) is 1. The number of rotatable bonds is 15. The number of benzene rings is 1. The molecule has 1 rings (SSSR count). The van der Waals surface area contributed by atoms with Crippen molar-refractivity contribution in [1.82, 2.24) is 4.90 Å². The maximum atomic E-state index is 12.4. The summed E-state index contributed by atoms with van der Waals surface area (Å²) in [7, 11) is 1.64. The second-order valence-corrected chi connectivity index (χ2v) is 7.66. The molecule has 0 bridgehead atoms. The monoisotopic (exact) mass is 389 g/mol. The molecule has 0 saturated carbocycles. The van der Waals surface area contributed by atoms with Gasteiger partial charge in [-0.3, -0.25) is 9.59 Å². The first kappa shape index (κ1) is 24.2. The van der Waals surface area contributed by atoms with Crippen LogP contribution in [-0.2, 0) is 16.0 Å². The summed E-state index contributed by atoms with van der Waals surface area (Å²) in [6.07, 6.45) is 13.0. The fraction of sp³-hybridized carbons (Fsp3) is 0.667. The van der Waals surface area contributed by atoms with Crippen LogP contribution in [0.5, 0.6) is 0 Å². The van der Waals surface area contributed by atoms with Crippen molar-refractivity contribution in [3.05, 3.63) is 35.4 Å². The lowest BCUT2D eigenvalue weighted by Gasteiger charge is -2.16. The van der Waals surface area contributed by atoms with Gasteiger partial charge in [-0.2, -0.15) is 0 Å². The van der Waals surface area contributed by atoms with Gasteiger partial charge in [0, 0.05) is 12.6 Å². The van der Waals surface area contributed by atoms with E-state index >= 15 is 0 Å². The normalized spacial score (nSPS) is 10.7. The maximum absolute atomic E-state index is 12.4. The molecule has 0 unspecified atom stereocenters. The van der Waals surface area contributed by atoms with E-state index in [0.29, 0.717) is 12.2 Å². The smallest absolute Gasteiger partial charge is 0.325 e. The van der Waals surface area contributed by atoms with E-state index in [4.69, 9.17) is 4.74 Å². The third-order valence-electron chi connectivity index (χ3n) is 4.99. The predicted molar refractivity (Wildman–Crippen MR) is 116 cm³/mol. The molecule has 28 heavy (non-hydrogen) atoms. The van der Waals surface area contributed by atoms with Crippen LogP contribution in [0.4, 0.5) is 0 Å². The Morgan fingerprint density at radius 2 is 1.39 bits per heavy atom. The zero-order valence-electron chi connectivity index (χ0n) is 18.2. The van der Waals surface area contributed by atoms with Crippen LogP contribution in [0.2, 0.25) is 0 Å². The Morgan fingerprint density at radius 1 is 0.821 bits per heavy atom. The third kappa shape index (κ3) is 10.5. The van der Waals surface area contributed by atoms with E-state index in [-0.39, 0.29) is 18.4 Å². The fourth-order valence-electron chi connectivity index (χ4n) is 3.15. The highest BCUT2D eigenvalue weighted by atomic mass is 16.5. The van der Waals surface area contributed by atoms with Crippen LogP contribution in [-0.4, -0.2) is 37.0 Å². The van der Waals surface area contributed by atoms with Crippen molar-refractivity contribution in [2.75, 3.05) is 20.2 Å². The number of carbonyl (C=O) groups is 2. The third-order valence-corrected chi connectivity index (χ3v) is 4.99. The lowest BCUT2D eigenvalue weighted by Crippen LogP contribution is -2.33. The van der Waals surface area contributed by atoms with Gasteiger partial charge in [0.1, 0.15) is 6.54 Å². The first-order valence-corrected chi connectivity index (χ1v) is 11.1. The first-order chi connectivity index (χ1) is 13.6. The van der Waals surface area contributed by atoms with E-state index in [1.165, 1.54) is 49.0 Å². The summed E-state index contributed by atoms with van der Waals surface area (Å²) in [4.78, 5) is 25.8. The van der Waals surface area contributed by atoms with Gasteiger partial charge in [-0.15, -0.1) is 0 Å². The summed E-state index contributed by atoms with van der Waals surface area (Å²) < 4.78 is 5.27. The molecule has 0 radical (unpaired) electrons. The second kappa shape index (κ2) is 15.1. The molecule has 4 nitrogen and oxygen atoms in total. The molecule has 0 aliphatic heterocycles. The van der Waals surface area contributed by atoms with Crippen LogP contribution in [0.25, 0.3) is 0 Å². The average molecular weight is 390 g/mol. The van der Waals surface area contributed by atoms with Crippen molar-refractivity contribution < 1.29 is 14.3 Å². The quantitative estimate of drug-likeness (QED) is 0.282. The molecule has 1 aromatic rings. The number of unbranched alkanes of at least 4 members (excludes halogenated alkanes) is 8. The Morgan fingerprint density at radius 3 is 2.00 bits per heavy atom. The molecule has 0 heterocycles. The van der Waals surface area contributed by atoms with Crippen LogP contribution in [0.1, 0.15) is 94.0 Å². The van der Waals surface area contributed by atoms with Crippen molar-refractivity contribution in [2.45, 2.75) is 84.5 Å². The van der Waals surface area contributed by atoms with Crippen molar-refractivity contribution in [2.24, 2.45) is 0 Å². The molecular weight excluding hydrogens is 350 g/mol. The summed E-state index contributed by atoms with van der Waals surface area (Å²) in [5, 5.41) is 0. The Hall–Kier alpha value is -1.84. The highest BCUT2D eigenvalue weighted by Crippen LogP contribution is 2.10. The zero-order valence-corrected chi connectivity index (χ0v) is 18.2. The number of aryl methyl sites for hydroxylation is 1. The van der Waals surface area contributed by atoms with Gasteiger partial charge in [-0.25, -0.2) is 0 Å². The number of hydrogen-bond acceptors (Lipinski definition) is 3. The van der Waals surface area contributed by atoms with E-state index in [0.717, 1.165) is 32.1 Å². The Balaban J connectivity index is 2.20. The predicted octanol–water partition coefficient (Wildman–Crippen LogP) is 5.79.